The molecule has 5 nitrogen and oxygen atoms in total. The van der Waals surface area contributed by atoms with Crippen molar-refractivity contribution in [2.24, 2.45) is 0 Å². The van der Waals surface area contributed by atoms with E-state index in [1.54, 1.807) is 33.1 Å². The molecule has 1 aromatic heterocycles. The SMILES string of the molecule is COc1cc(C2Nc3cc(-c4ccc(Cl)cc4)sc3C2=O)ccc1OCC(C)(C)O. The molecular formula is C23H22ClNO4S. The fourth-order valence-corrected chi connectivity index (χ4v) is 4.48. The van der Waals surface area contributed by atoms with Gasteiger partial charge in [-0.2, -0.15) is 0 Å². The molecule has 3 aromatic rings. The summed E-state index contributed by atoms with van der Waals surface area (Å²) in [5, 5.41) is 13.9. The van der Waals surface area contributed by atoms with Crippen molar-refractivity contribution in [3.63, 3.8) is 0 Å². The van der Waals surface area contributed by atoms with Crippen molar-refractivity contribution in [3.8, 4) is 21.9 Å². The molecule has 2 aromatic carbocycles. The summed E-state index contributed by atoms with van der Waals surface area (Å²) in [6.07, 6.45) is 0. The fraction of sp³-hybridized carbons (Fsp3) is 0.261. The molecule has 7 heteroatoms. The summed E-state index contributed by atoms with van der Waals surface area (Å²) < 4.78 is 11.1. The lowest BCUT2D eigenvalue weighted by atomic mass is 10.0. The van der Waals surface area contributed by atoms with Crippen molar-refractivity contribution in [1.29, 1.82) is 0 Å². The van der Waals surface area contributed by atoms with Gasteiger partial charge in [0.15, 0.2) is 11.5 Å². The number of anilines is 1. The zero-order valence-corrected chi connectivity index (χ0v) is 18.4. The molecule has 2 N–H and O–H groups in total. The third kappa shape index (κ3) is 4.17. The number of aliphatic hydroxyl groups is 1. The van der Waals surface area contributed by atoms with Crippen LogP contribution in [-0.4, -0.2) is 30.2 Å². The van der Waals surface area contributed by atoms with E-state index in [1.165, 1.54) is 11.3 Å². The van der Waals surface area contributed by atoms with Gasteiger partial charge < -0.3 is 19.9 Å². The maximum Gasteiger partial charge on any atom is 0.201 e. The summed E-state index contributed by atoms with van der Waals surface area (Å²) in [5.41, 5.74) is 1.70. The molecule has 0 amide bonds. The third-order valence-corrected chi connectivity index (χ3v) is 6.20. The van der Waals surface area contributed by atoms with Crippen LogP contribution >= 0.6 is 22.9 Å². The number of benzene rings is 2. The van der Waals surface area contributed by atoms with Gasteiger partial charge in [-0.15, -0.1) is 11.3 Å². The van der Waals surface area contributed by atoms with Crippen LogP contribution in [0.1, 0.15) is 35.1 Å². The third-order valence-electron chi connectivity index (χ3n) is 4.75. The van der Waals surface area contributed by atoms with Gasteiger partial charge in [-0.3, -0.25) is 4.79 Å². The van der Waals surface area contributed by atoms with Gasteiger partial charge in [0, 0.05) is 9.90 Å². The van der Waals surface area contributed by atoms with Crippen LogP contribution in [-0.2, 0) is 0 Å². The lowest BCUT2D eigenvalue weighted by Gasteiger charge is -2.20. The number of hydrogen-bond donors (Lipinski definition) is 2. The first-order valence-corrected chi connectivity index (χ1v) is 10.7. The highest BCUT2D eigenvalue weighted by molar-refractivity contribution is 7.18. The van der Waals surface area contributed by atoms with E-state index in [0.717, 1.165) is 21.7 Å². The van der Waals surface area contributed by atoms with E-state index in [4.69, 9.17) is 21.1 Å². The second-order valence-corrected chi connectivity index (χ2v) is 9.30. The summed E-state index contributed by atoms with van der Waals surface area (Å²) >= 11 is 7.44. The Bertz CT molecular complexity index is 1090. The van der Waals surface area contributed by atoms with Gasteiger partial charge in [-0.25, -0.2) is 0 Å². The van der Waals surface area contributed by atoms with Gasteiger partial charge in [0.25, 0.3) is 0 Å². The van der Waals surface area contributed by atoms with E-state index in [-0.39, 0.29) is 12.4 Å². The number of hydrogen-bond acceptors (Lipinski definition) is 6. The van der Waals surface area contributed by atoms with Gasteiger partial charge >= 0.3 is 0 Å². The first-order chi connectivity index (χ1) is 14.2. The molecular weight excluding hydrogens is 422 g/mol. The van der Waals surface area contributed by atoms with Crippen LogP contribution in [0.4, 0.5) is 5.69 Å². The Morgan fingerprint density at radius 3 is 2.50 bits per heavy atom. The molecule has 0 saturated heterocycles. The Labute approximate surface area is 184 Å². The molecule has 1 aliphatic heterocycles. The van der Waals surface area contributed by atoms with Crippen molar-refractivity contribution in [3.05, 3.63) is 64.0 Å². The van der Waals surface area contributed by atoms with Crippen LogP contribution in [0.3, 0.4) is 0 Å². The number of ether oxygens (including phenoxy) is 2. The van der Waals surface area contributed by atoms with Crippen molar-refractivity contribution >= 4 is 34.4 Å². The van der Waals surface area contributed by atoms with E-state index < -0.39 is 11.6 Å². The van der Waals surface area contributed by atoms with Crippen molar-refractivity contribution in [2.45, 2.75) is 25.5 Å². The molecule has 4 rings (SSSR count). The number of methoxy groups -OCH3 is 1. The predicted octanol–water partition coefficient (Wildman–Crippen LogP) is 5.58. The molecule has 2 heterocycles. The van der Waals surface area contributed by atoms with Crippen LogP contribution in [0.5, 0.6) is 11.5 Å². The highest BCUT2D eigenvalue weighted by Crippen LogP contribution is 2.44. The number of carbonyl (C=O) groups excluding carboxylic acids is 1. The average Bonchev–Trinajstić information content (AvgIpc) is 3.26. The van der Waals surface area contributed by atoms with Gasteiger partial charge in [0.1, 0.15) is 12.6 Å². The number of carbonyl (C=O) groups is 1. The lowest BCUT2D eigenvalue weighted by Crippen LogP contribution is -2.28. The smallest absolute Gasteiger partial charge is 0.201 e. The second-order valence-electron chi connectivity index (χ2n) is 7.81. The summed E-state index contributed by atoms with van der Waals surface area (Å²) in [5.74, 6) is 1.07. The molecule has 1 atom stereocenters. The lowest BCUT2D eigenvalue weighted by molar-refractivity contribution is 0.0276. The number of fused-ring (bicyclic) bond motifs is 1. The minimum Gasteiger partial charge on any atom is -0.493 e. The number of ketones is 1. The maximum atomic E-state index is 13.1. The first-order valence-electron chi connectivity index (χ1n) is 9.49. The largest absolute Gasteiger partial charge is 0.493 e. The molecule has 30 heavy (non-hydrogen) atoms. The number of nitrogens with one attached hydrogen (secondary N) is 1. The quantitative estimate of drug-likeness (QED) is 0.520. The molecule has 0 fully saturated rings. The number of halogens is 1. The standard InChI is InChI=1S/C23H22ClNO4S/c1-23(2,27)12-29-17-9-6-14(10-18(17)28-3)20-21(26)22-16(25-20)11-19(30-22)13-4-7-15(24)8-5-13/h4-11,20,25,27H,12H2,1-3H3. The summed E-state index contributed by atoms with van der Waals surface area (Å²) in [7, 11) is 1.55. The first kappa shape index (κ1) is 20.7. The van der Waals surface area contributed by atoms with Crippen LogP contribution in [0.25, 0.3) is 10.4 Å². The molecule has 0 radical (unpaired) electrons. The van der Waals surface area contributed by atoms with Crippen LogP contribution in [0.15, 0.2) is 48.5 Å². The topological polar surface area (TPSA) is 67.8 Å². The van der Waals surface area contributed by atoms with Crippen molar-refractivity contribution in [2.75, 3.05) is 19.0 Å². The fourth-order valence-electron chi connectivity index (χ4n) is 3.26. The van der Waals surface area contributed by atoms with E-state index in [2.05, 4.69) is 5.32 Å². The molecule has 0 spiro atoms. The Morgan fingerprint density at radius 1 is 1.13 bits per heavy atom. The molecule has 1 aliphatic rings. The van der Waals surface area contributed by atoms with E-state index in [9.17, 15) is 9.90 Å². The summed E-state index contributed by atoms with van der Waals surface area (Å²) in [4.78, 5) is 14.8. The summed E-state index contributed by atoms with van der Waals surface area (Å²) in [6, 6.07) is 14.5. The minimum absolute atomic E-state index is 0.0300. The zero-order chi connectivity index (χ0) is 21.5. The Morgan fingerprint density at radius 2 is 1.87 bits per heavy atom. The molecule has 0 aliphatic carbocycles. The van der Waals surface area contributed by atoms with Crippen LogP contribution in [0, 0.1) is 0 Å². The van der Waals surface area contributed by atoms with Gasteiger partial charge in [-0.1, -0.05) is 29.8 Å². The van der Waals surface area contributed by atoms with Crippen molar-refractivity contribution in [1.82, 2.24) is 0 Å². The molecule has 156 valence electrons. The minimum atomic E-state index is -0.956. The van der Waals surface area contributed by atoms with Gasteiger partial charge in [0.2, 0.25) is 5.78 Å². The van der Waals surface area contributed by atoms with Gasteiger partial charge in [0.05, 0.1) is 23.3 Å². The molecule has 0 bridgehead atoms. The summed E-state index contributed by atoms with van der Waals surface area (Å²) in [6.45, 7) is 3.48. The predicted molar refractivity (Wildman–Crippen MR) is 120 cm³/mol. The second kappa shape index (κ2) is 7.95. The molecule has 1 unspecified atom stereocenters. The van der Waals surface area contributed by atoms with E-state index >= 15 is 0 Å². The monoisotopic (exact) mass is 443 g/mol. The number of thiophene rings is 1. The van der Waals surface area contributed by atoms with Gasteiger partial charge in [-0.05, 0) is 55.3 Å². The van der Waals surface area contributed by atoms with Crippen LogP contribution in [0.2, 0.25) is 5.02 Å². The highest BCUT2D eigenvalue weighted by Gasteiger charge is 2.34. The van der Waals surface area contributed by atoms with E-state index in [0.29, 0.717) is 21.4 Å². The Hall–Kier alpha value is -2.54. The maximum absolute atomic E-state index is 13.1. The van der Waals surface area contributed by atoms with Crippen molar-refractivity contribution < 1.29 is 19.4 Å². The number of rotatable bonds is 6. The normalized spacial score (nSPS) is 15.6. The Balaban J connectivity index is 1.55. The average molecular weight is 444 g/mol. The molecule has 0 saturated carbocycles. The Kier molecular flexibility index (Phi) is 5.49. The highest BCUT2D eigenvalue weighted by atomic mass is 35.5. The van der Waals surface area contributed by atoms with Crippen LogP contribution < -0.4 is 14.8 Å². The number of Topliss-reactive ketones (excluding diaryl/α,β-unsaturated/α-hetero) is 1. The van der Waals surface area contributed by atoms with E-state index in [1.807, 2.05) is 36.4 Å². The zero-order valence-electron chi connectivity index (χ0n) is 16.9.